The molecule has 0 radical (unpaired) electrons. The number of Topliss-reactive ketones (excluding diaryl/α,β-unsaturated/α-hetero) is 1. The minimum atomic E-state index is -0.314. The van der Waals surface area contributed by atoms with Gasteiger partial charge in [-0.2, -0.15) is 5.10 Å². The number of carbonyl (C=O) groups excluding carboxylic acids is 1. The summed E-state index contributed by atoms with van der Waals surface area (Å²) in [6.07, 6.45) is 6.08. The number of carbonyl (C=O) groups is 1. The minimum absolute atomic E-state index is 0.286. The second-order valence-electron chi connectivity index (χ2n) is 5.75. The monoisotopic (exact) mass is 283 g/mol. The van der Waals surface area contributed by atoms with Gasteiger partial charge in [0, 0.05) is 6.54 Å². The third-order valence-corrected chi connectivity index (χ3v) is 4.63. The van der Waals surface area contributed by atoms with E-state index in [0.717, 1.165) is 43.6 Å². The Morgan fingerprint density at radius 2 is 1.95 bits per heavy atom. The van der Waals surface area contributed by atoms with Crippen molar-refractivity contribution in [2.24, 2.45) is 0 Å². The molecule has 0 bridgehead atoms. The fourth-order valence-electron chi connectivity index (χ4n) is 3.47. The molecule has 0 aliphatic heterocycles. The molecule has 4 nitrogen and oxygen atoms in total. The second kappa shape index (κ2) is 5.80. The van der Waals surface area contributed by atoms with Crippen LogP contribution in [0.15, 0.2) is 36.7 Å². The molecule has 1 fully saturated rings. The van der Waals surface area contributed by atoms with Gasteiger partial charge in [-0.15, -0.1) is 0 Å². The van der Waals surface area contributed by atoms with Gasteiger partial charge in [-0.05, 0) is 25.3 Å². The lowest BCUT2D eigenvalue weighted by molar-refractivity contribution is -0.124. The Balaban J connectivity index is 1.90. The topological polar surface area (TPSA) is 47.8 Å². The van der Waals surface area contributed by atoms with Gasteiger partial charge in [0.25, 0.3) is 0 Å². The lowest BCUT2D eigenvalue weighted by atomic mass is 9.74. The lowest BCUT2D eigenvalue weighted by Crippen LogP contribution is -2.35. The standard InChI is InChI=1S/C17H21N3O/c1-2-20-16(18-13-19-20)12-15(21)17(10-6-7-11-17)14-8-4-3-5-9-14/h3-5,8-9,13H,2,6-7,10-12H2,1H3. The highest BCUT2D eigenvalue weighted by Gasteiger charge is 2.42. The van der Waals surface area contributed by atoms with Gasteiger partial charge in [-0.25, -0.2) is 9.67 Å². The maximum atomic E-state index is 13.0. The van der Waals surface area contributed by atoms with Crippen LogP contribution >= 0.6 is 0 Å². The molecule has 0 atom stereocenters. The smallest absolute Gasteiger partial charge is 0.150 e. The average Bonchev–Trinajstić information content (AvgIpc) is 3.17. The molecule has 0 spiro atoms. The molecule has 21 heavy (non-hydrogen) atoms. The summed E-state index contributed by atoms with van der Waals surface area (Å²) in [5.41, 5.74) is 0.848. The number of hydrogen-bond acceptors (Lipinski definition) is 3. The van der Waals surface area contributed by atoms with Gasteiger partial charge in [0.1, 0.15) is 12.2 Å². The van der Waals surface area contributed by atoms with Gasteiger partial charge in [-0.3, -0.25) is 4.79 Å². The molecule has 0 unspecified atom stereocenters. The predicted octanol–water partition coefficient (Wildman–Crippen LogP) is 2.92. The minimum Gasteiger partial charge on any atom is -0.298 e. The Morgan fingerprint density at radius 3 is 2.62 bits per heavy atom. The highest BCUT2D eigenvalue weighted by atomic mass is 16.1. The molecule has 1 aromatic carbocycles. The normalized spacial score (nSPS) is 17.0. The fourth-order valence-corrected chi connectivity index (χ4v) is 3.47. The van der Waals surface area contributed by atoms with Crippen LogP contribution < -0.4 is 0 Å². The zero-order chi connectivity index (χ0) is 14.7. The van der Waals surface area contributed by atoms with Crippen molar-refractivity contribution < 1.29 is 4.79 Å². The Bertz CT molecular complexity index is 612. The Labute approximate surface area is 125 Å². The van der Waals surface area contributed by atoms with E-state index in [1.54, 1.807) is 0 Å². The van der Waals surface area contributed by atoms with E-state index in [2.05, 4.69) is 22.2 Å². The number of ketones is 1. The molecule has 0 amide bonds. The van der Waals surface area contributed by atoms with Crippen LogP contribution in [0.25, 0.3) is 0 Å². The van der Waals surface area contributed by atoms with Gasteiger partial charge in [0.15, 0.2) is 5.78 Å². The molecule has 1 saturated carbocycles. The summed E-state index contributed by atoms with van der Waals surface area (Å²) < 4.78 is 1.81. The molecular formula is C17H21N3O. The Kier molecular flexibility index (Phi) is 3.86. The molecule has 2 aromatic rings. The summed E-state index contributed by atoms with van der Waals surface area (Å²) in [5.74, 6) is 1.07. The maximum absolute atomic E-state index is 13.0. The number of rotatable bonds is 5. The highest BCUT2D eigenvalue weighted by molar-refractivity contribution is 5.91. The van der Waals surface area contributed by atoms with Crippen molar-refractivity contribution in [2.75, 3.05) is 0 Å². The van der Waals surface area contributed by atoms with Crippen molar-refractivity contribution in [3.05, 3.63) is 48.0 Å². The average molecular weight is 283 g/mol. The van der Waals surface area contributed by atoms with Crippen LogP contribution in [0.3, 0.4) is 0 Å². The van der Waals surface area contributed by atoms with Crippen LogP contribution in [0.1, 0.15) is 44.0 Å². The summed E-state index contributed by atoms with van der Waals surface area (Å²) in [7, 11) is 0. The zero-order valence-corrected chi connectivity index (χ0v) is 12.5. The van der Waals surface area contributed by atoms with E-state index in [1.165, 1.54) is 6.33 Å². The third kappa shape index (κ3) is 2.50. The molecule has 1 aliphatic carbocycles. The van der Waals surface area contributed by atoms with Crippen molar-refractivity contribution in [1.29, 1.82) is 0 Å². The van der Waals surface area contributed by atoms with Crippen molar-refractivity contribution >= 4 is 5.78 Å². The first kappa shape index (κ1) is 14.0. The zero-order valence-electron chi connectivity index (χ0n) is 12.5. The van der Waals surface area contributed by atoms with E-state index in [4.69, 9.17) is 0 Å². The summed E-state index contributed by atoms with van der Waals surface area (Å²) >= 11 is 0. The van der Waals surface area contributed by atoms with Gasteiger partial charge >= 0.3 is 0 Å². The van der Waals surface area contributed by atoms with Crippen LogP contribution in [-0.2, 0) is 23.2 Å². The summed E-state index contributed by atoms with van der Waals surface area (Å²) in [6.45, 7) is 2.77. The highest BCUT2D eigenvalue weighted by Crippen LogP contribution is 2.42. The van der Waals surface area contributed by atoms with Crippen molar-refractivity contribution in [3.8, 4) is 0 Å². The van der Waals surface area contributed by atoms with Crippen LogP contribution in [0.5, 0.6) is 0 Å². The van der Waals surface area contributed by atoms with Crippen molar-refractivity contribution in [2.45, 2.75) is 51.0 Å². The Morgan fingerprint density at radius 1 is 1.24 bits per heavy atom. The fraction of sp³-hybridized carbons (Fsp3) is 0.471. The molecular weight excluding hydrogens is 262 g/mol. The van der Waals surface area contributed by atoms with Gasteiger partial charge in [-0.1, -0.05) is 43.2 Å². The van der Waals surface area contributed by atoms with E-state index in [9.17, 15) is 4.79 Å². The summed E-state index contributed by atoms with van der Waals surface area (Å²) in [5, 5.41) is 4.16. The van der Waals surface area contributed by atoms with Crippen LogP contribution in [0.2, 0.25) is 0 Å². The van der Waals surface area contributed by atoms with Crippen LogP contribution in [0.4, 0.5) is 0 Å². The molecule has 0 N–H and O–H groups in total. The number of aryl methyl sites for hydroxylation is 1. The second-order valence-corrected chi connectivity index (χ2v) is 5.75. The largest absolute Gasteiger partial charge is 0.298 e. The quantitative estimate of drug-likeness (QED) is 0.847. The summed E-state index contributed by atoms with van der Waals surface area (Å²) in [4.78, 5) is 17.3. The molecule has 3 rings (SSSR count). The van der Waals surface area contributed by atoms with Gasteiger partial charge in [0.05, 0.1) is 11.8 Å². The molecule has 110 valence electrons. The summed E-state index contributed by atoms with van der Waals surface area (Å²) in [6, 6.07) is 10.2. The van der Waals surface area contributed by atoms with Crippen molar-refractivity contribution in [1.82, 2.24) is 14.8 Å². The molecule has 1 aliphatic rings. The van der Waals surface area contributed by atoms with Crippen LogP contribution in [0, 0.1) is 0 Å². The number of benzene rings is 1. The predicted molar refractivity (Wildman–Crippen MR) is 81.0 cm³/mol. The Hall–Kier alpha value is -1.97. The van der Waals surface area contributed by atoms with E-state index >= 15 is 0 Å². The number of aromatic nitrogens is 3. The molecule has 1 aromatic heterocycles. The maximum Gasteiger partial charge on any atom is 0.150 e. The molecule has 1 heterocycles. The number of hydrogen-bond donors (Lipinski definition) is 0. The van der Waals surface area contributed by atoms with Crippen molar-refractivity contribution in [3.63, 3.8) is 0 Å². The SMILES string of the molecule is CCn1ncnc1CC(=O)C1(c2ccccc2)CCCC1. The first-order valence-corrected chi connectivity index (χ1v) is 7.72. The molecule has 4 heteroatoms. The first-order valence-electron chi connectivity index (χ1n) is 7.72. The van der Waals surface area contributed by atoms with E-state index in [-0.39, 0.29) is 11.2 Å². The van der Waals surface area contributed by atoms with E-state index in [1.807, 2.05) is 29.8 Å². The molecule has 0 saturated heterocycles. The van der Waals surface area contributed by atoms with Gasteiger partial charge in [0.2, 0.25) is 0 Å². The lowest BCUT2D eigenvalue weighted by Gasteiger charge is -2.28. The van der Waals surface area contributed by atoms with E-state index < -0.39 is 0 Å². The van der Waals surface area contributed by atoms with Crippen LogP contribution in [-0.4, -0.2) is 20.5 Å². The van der Waals surface area contributed by atoms with Gasteiger partial charge < -0.3 is 0 Å². The first-order chi connectivity index (χ1) is 10.3. The van der Waals surface area contributed by atoms with E-state index in [0.29, 0.717) is 6.42 Å². The third-order valence-electron chi connectivity index (χ3n) is 4.63. The number of nitrogens with zero attached hydrogens (tertiary/aromatic N) is 3.